The molecule has 0 aliphatic heterocycles. The molecule has 0 amide bonds. The van der Waals surface area contributed by atoms with Gasteiger partial charge >= 0.3 is 0 Å². The van der Waals surface area contributed by atoms with Gasteiger partial charge in [0.2, 0.25) is 0 Å². The fourth-order valence-electron chi connectivity index (χ4n) is 4.21. The van der Waals surface area contributed by atoms with E-state index in [0.717, 1.165) is 0 Å². The molecule has 2 aromatic rings. The van der Waals surface area contributed by atoms with Crippen LogP contribution in [0.4, 0.5) is 0 Å². The summed E-state index contributed by atoms with van der Waals surface area (Å²) in [4.78, 5) is 0. The Morgan fingerprint density at radius 3 is 2.44 bits per heavy atom. The summed E-state index contributed by atoms with van der Waals surface area (Å²) in [6.45, 7) is 9.60. The topological polar surface area (TPSA) is 4.93 Å². The van der Waals surface area contributed by atoms with Gasteiger partial charge in [-0.25, -0.2) is 0 Å². The number of aromatic nitrogens is 1. The SMILES string of the molecule is Cn1c2c(c3ccccc31)C(C)(C)CC(C)(C)C2. The van der Waals surface area contributed by atoms with Crippen LogP contribution in [0, 0.1) is 5.41 Å². The van der Waals surface area contributed by atoms with Gasteiger partial charge in [-0.3, -0.25) is 0 Å². The van der Waals surface area contributed by atoms with E-state index < -0.39 is 0 Å². The van der Waals surface area contributed by atoms with Gasteiger partial charge in [-0.15, -0.1) is 0 Å². The van der Waals surface area contributed by atoms with Crippen molar-refractivity contribution in [3.8, 4) is 0 Å². The van der Waals surface area contributed by atoms with E-state index in [1.54, 1.807) is 5.56 Å². The monoisotopic (exact) mass is 241 g/mol. The molecule has 1 aliphatic carbocycles. The van der Waals surface area contributed by atoms with E-state index in [-0.39, 0.29) is 5.41 Å². The molecule has 0 saturated heterocycles. The largest absolute Gasteiger partial charge is 0.347 e. The quantitative estimate of drug-likeness (QED) is 0.643. The minimum Gasteiger partial charge on any atom is -0.347 e. The Bertz CT molecular complexity index is 614. The molecule has 1 aromatic heterocycles. The fourth-order valence-corrected chi connectivity index (χ4v) is 4.21. The molecule has 1 heterocycles. The fraction of sp³-hybridized carbons (Fsp3) is 0.529. The summed E-state index contributed by atoms with van der Waals surface area (Å²) in [7, 11) is 2.22. The molecular formula is C17H23N. The highest BCUT2D eigenvalue weighted by Gasteiger charge is 2.40. The second-order valence-electron chi connectivity index (χ2n) is 7.30. The lowest BCUT2D eigenvalue weighted by Crippen LogP contribution is -2.35. The molecule has 3 rings (SSSR count). The van der Waals surface area contributed by atoms with Crippen molar-refractivity contribution in [1.29, 1.82) is 0 Å². The average Bonchev–Trinajstić information content (AvgIpc) is 2.51. The van der Waals surface area contributed by atoms with Crippen LogP contribution in [0.25, 0.3) is 10.9 Å². The number of hydrogen-bond acceptors (Lipinski definition) is 0. The van der Waals surface area contributed by atoms with Crippen molar-refractivity contribution in [2.75, 3.05) is 0 Å². The summed E-state index contributed by atoms with van der Waals surface area (Å²) >= 11 is 0. The first-order chi connectivity index (χ1) is 8.32. The smallest absolute Gasteiger partial charge is 0.0482 e. The highest BCUT2D eigenvalue weighted by atomic mass is 15.0. The van der Waals surface area contributed by atoms with Crippen LogP contribution < -0.4 is 0 Å². The Labute approximate surface area is 110 Å². The van der Waals surface area contributed by atoms with Crippen LogP contribution >= 0.6 is 0 Å². The minimum atomic E-state index is 0.276. The number of fused-ring (bicyclic) bond motifs is 3. The van der Waals surface area contributed by atoms with Gasteiger partial charge in [-0.2, -0.15) is 0 Å². The number of nitrogens with zero attached hydrogens (tertiary/aromatic N) is 1. The van der Waals surface area contributed by atoms with Gasteiger partial charge in [0.1, 0.15) is 0 Å². The summed E-state index contributed by atoms with van der Waals surface area (Å²) in [5.41, 5.74) is 5.18. The number of aryl methyl sites for hydroxylation is 1. The predicted molar refractivity (Wildman–Crippen MR) is 78.0 cm³/mol. The van der Waals surface area contributed by atoms with Crippen molar-refractivity contribution in [3.63, 3.8) is 0 Å². The zero-order valence-electron chi connectivity index (χ0n) is 12.2. The number of para-hydroxylation sites is 1. The van der Waals surface area contributed by atoms with Crippen molar-refractivity contribution in [3.05, 3.63) is 35.5 Å². The zero-order valence-corrected chi connectivity index (χ0v) is 12.2. The molecule has 0 bridgehead atoms. The Balaban J connectivity index is 2.39. The molecule has 1 heteroatoms. The van der Waals surface area contributed by atoms with E-state index in [9.17, 15) is 0 Å². The number of benzene rings is 1. The van der Waals surface area contributed by atoms with E-state index in [1.807, 2.05) is 0 Å². The first kappa shape index (κ1) is 11.8. The maximum absolute atomic E-state index is 2.41. The molecular weight excluding hydrogens is 218 g/mol. The van der Waals surface area contributed by atoms with Crippen molar-refractivity contribution < 1.29 is 0 Å². The Morgan fingerprint density at radius 1 is 1.06 bits per heavy atom. The van der Waals surface area contributed by atoms with E-state index in [4.69, 9.17) is 0 Å². The molecule has 1 aromatic carbocycles. The standard InChI is InChI=1S/C17H23N/c1-16(2)10-14-15(17(3,4)11-16)12-8-6-7-9-13(12)18(14)5/h6-9H,10-11H2,1-5H3. The number of hydrogen-bond donors (Lipinski definition) is 0. The first-order valence-corrected chi connectivity index (χ1v) is 6.89. The summed E-state index contributed by atoms with van der Waals surface area (Å²) in [6, 6.07) is 8.84. The molecule has 18 heavy (non-hydrogen) atoms. The van der Waals surface area contributed by atoms with Crippen molar-refractivity contribution in [1.82, 2.24) is 4.57 Å². The van der Waals surface area contributed by atoms with E-state index in [2.05, 4.69) is 63.6 Å². The van der Waals surface area contributed by atoms with Crippen LogP contribution in [0.2, 0.25) is 0 Å². The lowest BCUT2D eigenvalue weighted by Gasteiger charge is -2.41. The van der Waals surface area contributed by atoms with Gasteiger partial charge in [-0.1, -0.05) is 45.9 Å². The van der Waals surface area contributed by atoms with Crippen molar-refractivity contribution in [2.45, 2.75) is 46.0 Å². The van der Waals surface area contributed by atoms with E-state index >= 15 is 0 Å². The summed E-state index contributed by atoms with van der Waals surface area (Å²) < 4.78 is 2.41. The number of rotatable bonds is 0. The third-order valence-corrected chi connectivity index (χ3v) is 4.47. The van der Waals surface area contributed by atoms with Crippen molar-refractivity contribution in [2.24, 2.45) is 12.5 Å². The lowest BCUT2D eigenvalue weighted by molar-refractivity contribution is 0.228. The molecule has 1 aliphatic rings. The van der Waals surface area contributed by atoms with Gasteiger partial charge in [0.15, 0.2) is 0 Å². The van der Waals surface area contributed by atoms with Crippen LogP contribution in [-0.4, -0.2) is 4.57 Å². The van der Waals surface area contributed by atoms with Gasteiger partial charge in [0.25, 0.3) is 0 Å². The highest BCUT2D eigenvalue weighted by Crippen LogP contribution is 2.48. The third-order valence-electron chi connectivity index (χ3n) is 4.47. The first-order valence-electron chi connectivity index (χ1n) is 6.89. The predicted octanol–water partition coefficient (Wildman–Crippen LogP) is 4.43. The molecule has 0 saturated carbocycles. The lowest BCUT2D eigenvalue weighted by atomic mass is 9.64. The molecule has 0 N–H and O–H groups in total. The second-order valence-corrected chi connectivity index (χ2v) is 7.30. The Kier molecular flexibility index (Phi) is 2.24. The molecule has 0 spiro atoms. The molecule has 0 unspecified atom stereocenters. The molecule has 1 nitrogen and oxygen atoms in total. The summed E-state index contributed by atoms with van der Waals surface area (Å²) in [6.07, 6.45) is 2.46. The third kappa shape index (κ3) is 1.53. The van der Waals surface area contributed by atoms with Crippen LogP contribution in [0.5, 0.6) is 0 Å². The summed E-state index contributed by atoms with van der Waals surface area (Å²) in [5, 5.41) is 1.45. The van der Waals surface area contributed by atoms with E-state index in [0.29, 0.717) is 5.41 Å². The van der Waals surface area contributed by atoms with Gasteiger partial charge in [-0.05, 0) is 35.3 Å². The van der Waals surface area contributed by atoms with Gasteiger partial charge < -0.3 is 4.57 Å². The summed E-state index contributed by atoms with van der Waals surface area (Å²) in [5.74, 6) is 0. The Hall–Kier alpha value is -1.24. The molecule has 0 fully saturated rings. The maximum atomic E-state index is 2.41. The van der Waals surface area contributed by atoms with Crippen LogP contribution in [-0.2, 0) is 18.9 Å². The maximum Gasteiger partial charge on any atom is 0.0482 e. The van der Waals surface area contributed by atoms with Crippen molar-refractivity contribution >= 4 is 10.9 Å². The van der Waals surface area contributed by atoms with Crippen LogP contribution in [0.1, 0.15) is 45.4 Å². The van der Waals surface area contributed by atoms with E-state index in [1.165, 1.54) is 29.4 Å². The molecule has 0 atom stereocenters. The highest BCUT2D eigenvalue weighted by molar-refractivity contribution is 5.87. The zero-order chi connectivity index (χ0) is 13.1. The van der Waals surface area contributed by atoms with Gasteiger partial charge in [0, 0.05) is 23.6 Å². The normalized spacial score (nSPS) is 20.9. The second kappa shape index (κ2) is 3.40. The van der Waals surface area contributed by atoms with Crippen LogP contribution in [0.3, 0.4) is 0 Å². The van der Waals surface area contributed by atoms with Crippen LogP contribution in [0.15, 0.2) is 24.3 Å². The molecule has 96 valence electrons. The molecule has 0 radical (unpaired) electrons. The Morgan fingerprint density at radius 2 is 1.72 bits per heavy atom. The van der Waals surface area contributed by atoms with Gasteiger partial charge in [0.05, 0.1) is 0 Å². The average molecular weight is 241 g/mol. The minimum absolute atomic E-state index is 0.276.